The van der Waals surface area contributed by atoms with Crippen LogP contribution in [-0.4, -0.2) is 23.6 Å². The van der Waals surface area contributed by atoms with Gasteiger partial charge < -0.3 is 9.69 Å². The standard InChI is InChI=1S/C14H17NO2/c1-11(13-5-3-2-4-6-13)15-10-12(7-8-16)9-14(15)17/h2-6,8,11-12H,7,9-10H2,1H3/t11?,12-/m0/s1. The molecule has 90 valence electrons. The number of amides is 1. The number of nitrogens with zero attached hydrogens (tertiary/aromatic N) is 1. The van der Waals surface area contributed by atoms with Gasteiger partial charge in [-0.25, -0.2) is 0 Å². The van der Waals surface area contributed by atoms with Crippen molar-refractivity contribution in [1.82, 2.24) is 4.90 Å². The van der Waals surface area contributed by atoms with Gasteiger partial charge in [0, 0.05) is 19.4 Å². The van der Waals surface area contributed by atoms with Gasteiger partial charge in [0.15, 0.2) is 0 Å². The van der Waals surface area contributed by atoms with E-state index in [0.29, 0.717) is 19.4 Å². The van der Waals surface area contributed by atoms with Crippen molar-refractivity contribution in [1.29, 1.82) is 0 Å². The summed E-state index contributed by atoms with van der Waals surface area (Å²) < 4.78 is 0. The molecule has 1 aromatic rings. The van der Waals surface area contributed by atoms with Crippen LogP contribution in [0.3, 0.4) is 0 Å². The molecule has 1 heterocycles. The van der Waals surface area contributed by atoms with Gasteiger partial charge in [0.2, 0.25) is 5.91 Å². The molecule has 0 N–H and O–H groups in total. The van der Waals surface area contributed by atoms with E-state index in [0.717, 1.165) is 11.8 Å². The molecule has 0 aliphatic carbocycles. The van der Waals surface area contributed by atoms with Crippen LogP contribution in [0, 0.1) is 5.92 Å². The predicted octanol–water partition coefficient (Wildman–Crippen LogP) is 2.19. The van der Waals surface area contributed by atoms with Gasteiger partial charge in [0.1, 0.15) is 6.29 Å². The van der Waals surface area contributed by atoms with E-state index in [4.69, 9.17) is 0 Å². The Balaban J connectivity index is 2.08. The van der Waals surface area contributed by atoms with E-state index in [1.165, 1.54) is 0 Å². The highest BCUT2D eigenvalue weighted by atomic mass is 16.2. The summed E-state index contributed by atoms with van der Waals surface area (Å²) in [5.74, 6) is 0.361. The first kappa shape index (κ1) is 11.8. The molecular weight excluding hydrogens is 214 g/mol. The van der Waals surface area contributed by atoms with Gasteiger partial charge in [-0.2, -0.15) is 0 Å². The number of carbonyl (C=O) groups excluding carboxylic acids is 2. The second-order valence-corrected chi connectivity index (χ2v) is 4.61. The third-order valence-corrected chi connectivity index (χ3v) is 3.42. The molecule has 3 nitrogen and oxygen atoms in total. The van der Waals surface area contributed by atoms with Crippen LogP contribution >= 0.6 is 0 Å². The molecule has 1 saturated heterocycles. The Hall–Kier alpha value is -1.64. The van der Waals surface area contributed by atoms with Crippen molar-refractivity contribution in [3.05, 3.63) is 35.9 Å². The number of hydrogen-bond acceptors (Lipinski definition) is 2. The second kappa shape index (κ2) is 5.13. The molecule has 2 atom stereocenters. The molecule has 2 rings (SSSR count). The minimum absolute atomic E-state index is 0.0975. The fourth-order valence-corrected chi connectivity index (χ4v) is 2.39. The predicted molar refractivity (Wildman–Crippen MR) is 65.4 cm³/mol. The third-order valence-electron chi connectivity index (χ3n) is 3.42. The van der Waals surface area contributed by atoms with Crippen LogP contribution < -0.4 is 0 Å². The molecule has 3 heteroatoms. The molecule has 0 saturated carbocycles. The molecule has 0 bridgehead atoms. The maximum Gasteiger partial charge on any atom is 0.223 e. The molecule has 1 aliphatic heterocycles. The SMILES string of the molecule is CC(c1ccccc1)N1C[C@@H](CC=O)CC1=O. The van der Waals surface area contributed by atoms with Crippen LogP contribution in [0.2, 0.25) is 0 Å². The normalized spacial score (nSPS) is 21.6. The first-order valence-electron chi connectivity index (χ1n) is 6.00. The highest BCUT2D eigenvalue weighted by Crippen LogP contribution is 2.29. The summed E-state index contributed by atoms with van der Waals surface area (Å²) in [7, 11) is 0. The maximum atomic E-state index is 11.9. The second-order valence-electron chi connectivity index (χ2n) is 4.61. The first-order chi connectivity index (χ1) is 8.22. The average molecular weight is 231 g/mol. The Labute approximate surface area is 101 Å². The van der Waals surface area contributed by atoms with Crippen molar-refractivity contribution in [3.63, 3.8) is 0 Å². The monoisotopic (exact) mass is 231 g/mol. The lowest BCUT2D eigenvalue weighted by Crippen LogP contribution is -2.28. The zero-order valence-corrected chi connectivity index (χ0v) is 10.0. The van der Waals surface area contributed by atoms with E-state index in [2.05, 4.69) is 0 Å². The zero-order chi connectivity index (χ0) is 12.3. The van der Waals surface area contributed by atoms with Gasteiger partial charge in [-0.3, -0.25) is 4.79 Å². The largest absolute Gasteiger partial charge is 0.336 e. The molecule has 1 aromatic carbocycles. The maximum absolute atomic E-state index is 11.9. The Bertz CT molecular complexity index is 402. The van der Waals surface area contributed by atoms with Crippen molar-refractivity contribution in [3.8, 4) is 0 Å². The Morgan fingerprint density at radius 3 is 2.76 bits per heavy atom. The zero-order valence-electron chi connectivity index (χ0n) is 10.0. The van der Waals surface area contributed by atoms with Gasteiger partial charge in [-0.1, -0.05) is 30.3 Å². The van der Waals surface area contributed by atoms with Crippen LogP contribution in [-0.2, 0) is 9.59 Å². The highest BCUT2D eigenvalue weighted by molar-refractivity contribution is 5.79. The van der Waals surface area contributed by atoms with E-state index >= 15 is 0 Å². The number of carbonyl (C=O) groups is 2. The molecule has 0 spiro atoms. The van der Waals surface area contributed by atoms with Gasteiger partial charge in [0.25, 0.3) is 0 Å². The quantitative estimate of drug-likeness (QED) is 0.745. The molecule has 0 radical (unpaired) electrons. The number of likely N-dealkylation sites (tertiary alicyclic amines) is 1. The molecule has 1 fully saturated rings. The molecule has 17 heavy (non-hydrogen) atoms. The summed E-state index contributed by atoms with van der Waals surface area (Å²) in [5.41, 5.74) is 1.15. The number of hydrogen-bond donors (Lipinski definition) is 0. The minimum Gasteiger partial charge on any atom is -0.336 e. The lowest BCUT2D eigenvalue weighted by molar-refractivity contribution is -0.129. The van der Waals surface area contributed by atoms with E-state index < -0.39 is 0 Å². The minimum atomic E-state index is 0.0975. The lowest BCUT2D eigenvalue weighted by Gasteiger charge is -2.25. The fraction of sp³-hybridized carbons (Fsp3) is 0.429. The summed E-state index contributed by atoms with van der Waals surface area (Å²) in [5, 5.41) is 0. The van der Waals surface area contributed by atoms with Crippen LogP contribution in [0.1, 0.15) is 31.4 Å². The van der Waals surface area contributed by atoms with Gasteiger partial charge in [0.05, 0.1) is 6.04 Å². The van der Waals surface area contributed by atoms with E-state index in [-0.39, 0.29) is 17.9 Å². The van der Waals surface area contributed by atoms with Crippen molar-refractivity contribution in [2.24, 2.45) is 5.92 Å². The van der Waals surface area contributed by atoms with E-state index in [1.54, 1.807) is 0 Å². The smallest absolute Gasteiger partial charge is 0.223 e. The molecule has 0 aromatic heterocycles. The van der Waals surface area contributed by atoms with Crippen LogP contribution in [0.15, 0.2) is 30.3 Å². The van der Waals surface area contributed by atoms with E-state index in [1.807, 2.05) is 42.2 Å². The molecular formula is C14H17NO2. The summed E-state index contributed by atoms with van der Waals surface area (Å²) in [4.78, 5) is 24.2. The van der Waals surface area contributed by atoms with Crippen molar-refractivity contribution < 1.29 is 9.59 Å². The van der Waals surface area contributed by atoms with Crippen LogP contribution in [0.25, 0.3) is 0 Å². The third kappa shape index (κ3) is 2.54. The molecule has 1 amide bonds. The summed E-state index contributed by atoms with van der Waals surface area (Å²) in [6, 6.07) is 10.1. The first-order valence-corrected chi connectivity index (χ1v) is 6.00. The van der Waals surface area contributed by atoms with Gasteiger partial charge in [-0.05, 0) is 18.4 Å². The highest BCUT2D eigenvalue weighted by Gasteiger charge is 2.32. The van der Waals surface area contributed by atoms with Crippen molar-refractivity contribution in [2.75, 3.05) is 6.54 Å². The van der Waals surface area contributed by atoms with Gasteiger partial charge in [-0.15, -0.1) is 0 Å². The lowest BCUT2D eigenvalue weighted by atomic mass is 10.1. The topological polar surface area (TPSA) is 37.4 Å². The summed E-state index contributed by atoms with van der Waals surface area (Å²) >= 11 is 0. The van der Waals surface area contributed by atoms with Crippen LogP contribution in [0.4, 0.5) is 0 Å². The van der Waals surface area contributed by atoms with Crippen LogP contribution in [0.5, 0.6) is 0 Å². The molecule has 1 aliphatic rings. The Morgan fingerprint density at radius 2 is 2.12 bits per heavy atom. The summed E-state index contributed by atoms with van der Waals surface area (Å²) in [6.07, 6.45) is 1.91. The van der Waals surface area contributed by atoms with Crippen molar-refractivity contribution in [2.45, 2.75) is 25.8 Å². The van der Waals surface area contributed by atoms with Crippen molar-refractivity contribution >= 4 is 12.2 Å². The van der Waals surface area contributed by atoms with E-state index in [9.17, 15) is 9.59 Å². The Morgan fingerprint density at radius 1 is 1.41 bits per heavy atom. The average Bonchev–Trinajstić information content (AvgIpc) is 2.71. The summed E-state index contributed by atoms with van der Waals surface area (Å²) in [6.45, 7) is 2.74. The number of rotatable bonds is 4. The fourth-order valence-electron chi connectivity index (χ4n) is 2.39. The molecule has 1 unspecified atom stereocenters. The number of aldehydes is 1. The Kier molecular flexibility index (Phi) is 3.57. The van der Waals surface area contributed by atoms with Gasteiger partial charge >= 0.3 is 0 Å². The number of benzene rings is 1.